The van der Waals surface area contributed by atoms with Gasteiger partial charge < -0.3 is 50.0 Å². The predicted octanol–water partition coefficient (Wildman–Crippen LogP) is 0.445. The predicted molar refractivity (Wildman–Crippen MR) is 164 cm³/mol. The lowest BCUT2D eigenvalue weighted by atomic mass is 10.3. The molecule has 0 aliphatic rings. The van der Waals surface area contributed by atoms with E-state index in [-0.39, 0.29) is 76.9 Å². The second-order valence-electron chi connectivity index (χ2n) is 9.92. The van der Waals surface area contributed by atoms with Gasteiger partial charge in [-0.05, 0) is 27.9 Å². The lowest BCUT2D eigenvalue weighted by Crippen LogP contribution is -2.39. The molecular weight excluding hydrogens is 658 g/mol. The Kier molecular flexibility index (Phi) is 24.4. The van der Waals surface area contributed by atoms with Gasteiger partial charge in [-0.3, -0.25) is 27.7 Å². The summed E-state index contributed by atoms with van der Waals surface area (Å²) in [4.78, 5) is 53.4. The number of phosphoric ester groups is 2. The first kappa shape index (κ1) is 44.3. The lowest BCUT2D eigenvalue weighted by Gasteiger charge is -2.19. The van der Waals surface area contributed by atoms with Crippen LogP contribution in [-0.4, -0.2) is 132 Å². The highest BCUT2D eigenvalue weighted by atomic mass is 31.2. The minimum atomic E-state index is -4.41. The smallest absolute Gasteiger partial charge is 0.463 e. The molecule has 272 valence electrons. The van der Waals surface area contributed by atoms with Crippen molar-refractivity contribution in [3.8, 4) is 0 Å². The second kappa shape index (κ2) is 25.3. The second-order valence-corrected chi connectivity index (χ2v) is 12.8. The van der Waals surface area contributed by atoms with Crippen LogP contribution in [0.4, 0.5) is 4.79 Å². The van der Waals surface area contributed by atoms with E-state index >= 15 is 0 Å². The van der Waals surface area contributed by atoms with E-state index in [1.807, 2.05) is 0 Å². The van der Waals surface area contributed by atoms with Crippen molar-refractivity contribution >= 4 is 33.6 Å². The molecule has 0 heterocycles. The molecule has 19 nitrogen and oxygen atoms in total. The first-order valence-electron chi connectivity index (χ1n) is 14.7. The molecule has 0 radical (unpaired) electrons. The molecule has 0 bridgehead atoms. The van der Waals surface area contributed by atoms with E-state index in [0.29, 0.717) is 26.1 Å². The maximum absolute atomic E-state index is 12.1. The van der Waals surface area contributed by atoms with E-state index in [1.165, 1.54) is 13.8 Å². The molecule has 6 N–H and O–H groups in total. The van der Waals surface area contributed by atoms with Gasteiger partial charge in [-0.2, -0.15) is 0 Å². The number of ether oxygens (including phenoxy) is 4. The molecule has 0 spiro atoms. The highest BCUT2D eigenvalue weighted by molar-refractivity contribution is 7.47. The van der Waals surface area contributed by atoms with Crippen molar-refractivity contribution in [1.82, 2.24) is 21.3 Å². The zero-order chi connectivity index (χ0) is 35.0. The van der Waals surface area contributed by atoms with Crippen LogP contribution >= 0.6 is 15.6 Å². The molecule has 2 unspecified atom stereocenters. The van der Waals surface area contributed by atoms with Crippen LogP contribution in [0.2, 0.25) is 0 Å². The van der Waals surface area contributed by atoms with Gasteiger partial charge in [0.1, 0.15) is 12.2 Å². The van der Waals surface area contributed by atoms with Gasteiger partial charge in [0.15, 0.2) is 0 Å². The van der Waals surface area contributed by atoms with Gasteiger partial charge in [-0.25, -0.2) is 13.9 Å². The van der Waals surface area contributed by atoms with E-state index in [4.69, 9.17) is 37.0 Å². The molecule has 46 heavy (non-hydrogen) atoms. The molecule has 0 aromatic rings. The Balaban J connectivity index is 4.08. The maximum atomic E-state index is 12.1. The molecule has 6 atom stereocenters. The summed E-state index contributed by atoms with van der Waals surface area (Å²) >= 11 is 0. The molecule has 0 saturated carbocycles. The molecule has 0 saturated heterocycles. The van der Waals surface area contributed by atoms with Crippen molar-refractivity contribution in [3.63, 3.8) is 0 Å². The normalized spacial score (nSPS) is 16.7. The summed E-state index contributed by atoms with van der Waals surface area (Å²) in [5.41, 5.74) is 0. The van der Waals surface area contributed by atoms with Crippen LogP contribution in [0.5, 0.6) is 0 Å². The summed E-state index contributed by atoms with van der Waals surface area (Å²) in [5, 5.41) is 10.5. The van der Waals surface area contributed by atoms with E-state index in [2.05, 4.69) is 21.3 Å². The number of likely N-dealkylation sites (N-methyl/N-ethyl adjacent to an activating group) is 2. The Morgan fingerprint density at radius 2 is 1.00 bits per heavy atom. The molecule has 21 heteroatoms. The summed E-state index contributed by atoms with van der Waals surface area (Å²) in [7, 11) is -5.58. The third-order valence-corrected chi connectivity index (χ3v) is 7.66. The Morgan fingerprint density at radius 1 is 0.630 bits per heavy atom. The van der Waals surface area contributed by atoms with Crippen LogP contribution in [0.25, 0.3) is 0 Å². The van der Waals surface area contributed by atoms with Gasteiger partial charge in [-0.1, -0.05) is 0 Å². The number of nitrogens with one attached hydrogen (secondary N) is 4. The largest absolute Gasteiger partial charge is 0.472 e. The summed E-state index contributed by atoms with van der Waals surface area (Å²) in [6.07, 6.45) is 0.374. The molecular formula is C25H52N4O15P2. The third-order valence-electron chi connectivity index (χ3n) is 5.69. The number of carbonyl (C=O) groups is 3. The third kappa shape index (κ3) is 26.4. The van der Waals surface area contributed by atoms with Crippen molar-refractivity contribution in [1.29, 1.82) is 0 Å². The summed E-state index contributed by atoms with van der Waals surface area (Å²) in [6, 6.07) is -1.52. The van der Waals surface area contributed by atoms with E-state index in [1.54, 1.807) is 27.9 Å². The average Bonchev–Trinajstić information content (AvgIpc) is 2.96. The van der Waals surface area contributed by atoms with Crippen LogP contribution in [0, 0.1) is 0 Å². The fourth-order valence-electron chi connectivity index (χ4n) is 3.22. The van der Waals surface area contributed by atoms with Crippen molar-refractivity contribution in [2.75, 3.05) is 80.0 Å². The zero-order valence-corrected chi connectivity index (χ0v) is 29.2. The standard InChI is InChI=1S/C25H52N4O15P2/c1-19(43-21(3)30)7-11-37-15-23(26-5)17-41-45(33,34)39-13-9-28-25(32)29-10-14-40-46(35,36)42-18-24(27-6)16-38-12-8-20(2)44-22(4)31/h19-20,23-24,26-27H,7-18H2,1-6H3,(H,33,34)(H,35,36)(H2,28,29,32)/t19-,20-,23+,24+/m1/s1. The Bertz CT molecular complexity index is 892. The van der Waals surface area contributed by atoms with Crippen molar-refractivity contribution in [2.24, 2.45) is 0 Å². The SMILES string of the molecule is CN[C@@H](COCC[C@@H](C)OC(C)=O)COP(=O)(O)OCCNC(=O)NCCOP(=O)(O)OC[C@H](COCC[C@@H](C)OC(C)=O)NC. The minimum Gasteiger partial charge on any atom is -0.463 e. The molecule has 0 rings (SSSR count). The number of rotatable bonds is 28. The number of urea groups is 1. The van der Waals surface area contributed by atoms with Crippen molar-refractivity contribution in [2.45, 2.75) is 64.8 Å². The Morgan fingerprint density at radius 3 is 1.33 bits per heavy atom. The fraction of sp³-hybridized carbons (Fsp3) is 0.880. The van der Waals surface area contributed by atoms with Crippen LogP contribution < -0.4 is 21.3 Å². The van der Waals surface area contributed by atoms with Crippen molar-refractivity contribution < 1.29 is 70.3 Å². The van der Waals surface area contributed by atoms with E-state index < -0.39 is 33.8 Å². The molecule has 0 aliphatic heterocycles. The number of amides is 2. The fourth-order valence-corrected chi connectivity index (χ4v) is 4.75. The van der Waals surface area contributed by atoms with Crippen LogP contribution in [0.3, 0.4) is 0 Å². The average molecular weight is 711 g/mol. The van der Waals surface area contributed by atoms with E-state index in [0.717, 1.165) is 0 Å². The van der Waals surface area contributed by atoms with Crippen LogP contribution in [0.15, 0.2) is 0 Å². The molecule has 0 fully saturated rings. The number of hydrogen-bond donors (Lipinski definition) is 6. The molecule has 2 amide bonds. The van der Waals surface area contributed by atoms with Gasteiger partial charge in [0.25, 0.3) is 0 Å². The zero-order valence-electron chi connectivity index (χ0n) is 27.4. The first-order valence-corrected chi connectivity index (χ1v) is 17.7. The Hall–Kier alpha value is -1.73. The minimum absolute atomic E-state index is 0.141. The number of hydrogen-bond acceptors (Lipinski definition) is 15. The van der Waals surface area contributed by atoms with Gasteiger partial charge in [-0.15, -0.1) is 0 Å². The Labute approximate surface area is 270 Å². The summed E-state index contributed by atoms with van der Waals surface area (Å²) in [5.74, 6) is -0.758. The lowest BCUT2D eigenvalue weighted by molar-refractivity contribution is -0.147. The monoisotopic (exact) mass is 710 g/mol. The van der Waals surface area contributed by atoms with Gasteiger partial charge in [0.2, 0.25) is 0 Å². The topological polar surface area (TPSA) is 248 Å². The van der Waals surface area contributed by atoms with E-state index in [9.17, 15) is 33.3 Å². The van der Waals surface area contributed by atoms with Crippen LogP contribution in [-0.2, 0) is 55.8 Å². The number of carbonyl (C=O) groups excluding carboxylic acids is 3. The number of esters is 2. The summed E-state index contributed by atoms with van der Waals surface area (Å²) < 4.78 is 64.8. The van der Waals surface area contributed by atoms with Crippen molar-refractivity contribution in [3.05, 3.63) is 0 Å². The van der Waals surface area contributed by atoms with Gasteiger partial charge >= 0.3 is 33.6 Å². The number of phosphoric acid groups is 2. The first-order chi connectivity index (χ1) is 21.6. The molecule has 0 aliphatic carbocycles. The van der Waals surface area contributed by atoms with Gasteiger partial charge in [0, 0.05) is 39.8 Å². The molecule has 0 aromatic carbocycles. The molecule has 0 aromatic heterocycles. The van der Waals surface area contributed by atoms with Crippen LogP contribution in [0.1, 0.15) is 40.5 Å². The van der Waals surface area contributed by atoms with Gasteiger partial charge in [0.05, 0.1) is 64.9 Å². The quantitative estimate of drug-likeness (QED) is 0.0366. The maximum Gasteiger partial charge on any atom is 0.472 e. The highest BCUT2D eigenvalue weighted by Crippen LogP contribution is 2.43. The highest BCUT2D eigenvalue weighted by Gasteiger charge is 2.24. The summed E-state index contributed by atoms with van der Waals surface area (Å²) in [6.45, 7) is 5.71.